The minimum Gasteiger partial charge on any atom is -0.455 e. The summed E-state index contributed by atoms with van der Waals surface area (Å²) >= 11 is 0. The number of hydrogen-bond donors (Lipinski definition) is 2. The van der Waals surface area contributed by atoms with E-state index in [0.29, 0.717) is 5.76 Å². The van der Waals surface area contributed by atoms with Crippen LogP contribution in [0.15, 0.2) is 40.9 Å². The second kappa shape index (κ2) is 8.62. The van der Waals surface area contributed by atoms with Gasteiger partial charge < -0.3 is 19.9 Å². The Morgan fingerprint density at radius 2 is 1.96 bits per heavy atom. The molecule has 0 aliphatic rings. The van der Waals surface area contributed by atoms with Crippen molar-refractivity contribution in [2.75, 3.05) is 11.9 Å². The zero-order chi connectivity index (χ0) is 18.2. The molecule has 0 bridgehead atoms. The molecule has 2 amide bonds. The Bertz CT molecular complexity index is 742. The average molecular weight is 345 g/mol. The molecule has 0 unspecified atom stereocenters. The third-order valence-corrected chi connectivity index (χ3v) is 3.21. The zero-order valence-corrected chi connectivity index (χ0v) is 13.9. The number of anilines is 1. The molecule has 1 aromatic heterocycles. The standard InChI is InChI=1S/C17H19N3O5/c1-11-8-15(20-25-11)19-16(22)10-24-17(23)9-14(18-12(2)21)13-6-4-3-5-7-13/h3-8,14H,9-10H2,1-2H3,(H,18,21)(H,19,20,22)/t14-/m0/s1. The van der Waals surface area contributed by atoms with E-state index in [1.54, 1.807) is 25.1 Å². The van der Waals surface area contributed by atoms with Crippen molar-refractivity contribution in [1.29, 1.82) is 0 Å². The van der Waals surface area contributed by atoms with Gasteiger partial charge in [-0.1, -0.05) is 35.5 Å². The van der Waals surface area contributed by atoms with Gasteiger partial charge >= 0.3 is 5.97 Å². The second-order valence-corrected chi connectivity index (χ2v) is 5.40. The fraction of sp³-hybridized carbons (Fsp3) is 0.294. The number of aryl methyl sites for hydroxylation is 1. The summed E-state index contributed by atoms with van der Waals surface area (Å²) < 4.78 is 9.77. The normalized spacial score (nSPS) is 11.4. The molecular formula is C17H19N3O5. The van der Waals surface area contributed by atoms with Crippen LogP contribution in [-0.2, 0) is 19.1 Å². The lowest BCUT2D eigenvalue weighted by molar-refractivity contribution is -0.148. The summed E-state index contributed by atoms with van der Waals surface area (Å²) in [7, 11) is 0. The largest absolute Gasteiger partial charge is 0.455 e. The summed E-state index contributed by atoms with van der Waals surface area (Å²) in [6.07, 6.45) is -0.0834. The summed E-state index contributed by atoms with van der Waals surface area (Å²) in [6, 6.07) is 10.1. The van der Waals surface area contributed by atoms with Crippen LogP contribution in [0.3, 0.4) is 0 Å². The maximum Gasteiger partial charge on any atom is 0.308 e. The Labute approximate surface area is 144 Å². The highest BCUT2D eigenvalue weighted by atomic mass is 16.5. The fourth-order valence-electron chi connectivity index (χ4n) is 2.16. The highest BCUT2D eigenvalue weighted by Crippen LogP contribution is 2.17. The molecule has 2 rings (SSSR count). The Morgan fingerprint density at radius 3 is 2.56 bits per heavy atom. The lowest BCUT2D eigenvalue weighted by Gasteiger charge is -2.17. The first-order valence-electron chi connectivity index (χ1n) is 7.65. The number of hydrogen-bond acceptors (Lipinski definition) is 6. The van der Waals surface area contributed by atoms with Crippen molar-refractivity contribution in [3.8, 4) is 0 Å². The van der Waals surface area contributed by atoms with E-state index in [-0.39, 0.29) is 18.1 Å². The van der Waals surface area contributed by atoms with Crippen LogP contribution >= 0.6 is 0 Å². The van der Waals surface area contributed by atoms with Crippen molar-refractivity contribution in [3.05, 3.63) is 47.7 Å². The summed E-state index contributed by atoms with van der Waals surface area (Å²) in [6.45, 7) is 2.61. The van der Waals surface area contributed by atoms with Crippen molar-refractivity contribution in [2.45, 2.75) is 26.3 Å². The third-order valence-electron chi connectivity index (χ3n) is 3.21. The van der Waals surface area contributed by atoms with Crippen LogP contribution in [-0.4, -0.2) is 29.5 Å². The Hall–Kier alpha value is -3.16. The van der Waals surface area contributed by atoms with Gasteiger partial charge in [-0.2, -0.15) is 0 Å². The minimum absolute atomic E-state index is 0.0834. The van der Waals surface area contributed by atoms with Crippen molar-refractivity contribution in [2.24, 2.45) is 0 Å². The van der Waals surface area contributed by atoms with Gasteiger partial charge in [-0.05, 0) is 12.5 Å². The Balaban J connectivity index is 1.86. The quantitative estimate of drug-likeness (QED) is 0.740. The number of carbonyl (C=O) groups is 3. The van der Waals surface area contributed by atoms with E-state index in [2.05, 4.69) is 15.8 Å². The first kappa shape index (κ1) is 18.2. The molecule has 1 atom stereocenters. The highest BCUT2D eigenvalue weighted by molar-refractivity contribution is 5.92. The van der Waals surface area contributed by atoms with E-state index in [0.717, 1.165) is 5.56 Å². The van der Waals surface area contributed by atoms with E-state index in [1.165, 1.54) is 6.92 Å². The molecular weight excluding hydrogens is 326 g/mol. The number of amides is 2. The molecule has 132 valence electrons. The monoisotopic (exact) mass is 345 g/mol. The molecule has 2 aromatic rings. The van der Waals surface area contributed by atoms with Crippen molar-refractivity contribution < 1.29 is 23.6 Å². The van der Waals surface area contributed by atoms with Crippen molar-refractivity contribution in [3.63, 3.8) is 0 Å². The number of ether oxygens (including phenoxy) is 1. The van der Waals surface area contributed by atoms with Crippen molar-refractivity contribution >= 4 is 23.6 Å². The molecule has 0 saturated heterocycles. The minimum atomic E-state index is -0.603. The van der Waals surface area contributed by atoms with Crippen LogP contribution in [0.4, 0.5) is 5.82 Å². The lowest BCUT2D eigenvalue weighted by Crippen LogP contribution is -2.29. The van der Waals surface area contributed by atoms with Gasteiger partial charge in [-0.15, -0.1) is 0 Å². The van der Waals surface area contributed by atoms with E-state index in [9.17, 15) is 14.4 Å². The molecule has 0 saturated carbocycles. The number of aromatic nitrogens is 1. The van der Waals surface area contributed by atoms with Crippen molar-refractivity contribution in [1.82, 2.24) is 10.5 Å². The molecule has 2 N–H and O–H groups in total. The van der Waals surface area contributed by atoms with Gasteiger partial charge in [0.05, 0.1) is 12.5 Å². The smallest absolute Gasteiger partial charge is 0.308 e. The van der Waals surface area contributed by atoms with Gasteiger partial charge in [0.1, 0.15) is 5.76 Å². The van der Waals surface area contributed by atoms with Gasteiger partial charge in [-0.25, -0.2) is 0 Å². The summed E-state index contributed by atoms with van der Waals surface area (Å²) in [5.41, 5.74) is 0.775. The number of nitrogens with zero attached hydrogens (tertiary/aromatic N) is 1. The van der Waals surface area contributed by atoms with E-state index in [4.69, 9.17) is 9.26 Å². The van der Waals surface area contributed by atoms with Gasteiger partial charge in [0.15, 0.2) is 12.4 Å². The molecule has 0 spiro atoms. The molecule has 25 heavy (non-hydrogen) atoms. The number of nitrogens with one attached hydrogen (secondary N) is 2. The van der Waals surface area contributed by atoms with Gasteiger partial charge in [0.25, 0.3) is 5.91 Å². The van der Waals surface area contributed by atoms with E-state index < -0.39 is 24.5 Å². The molecule has 0 fully saturated rings. The SMILES string of the molecule is CC(=O)N[C@@H](CC(=O)OCC(=O)Nc1cc(C)on1)c1ccccc1. The first-order chi connectivity index (χ1) is 11.9. The predicted octanol–water partition coefficient (Wildman–Crippen LogP) is 1.73. The third kappa shape index (κ3) is 6.09. The topological polar surface area (TPSA) is 111 Å². The Morgan fingerprint density at radius 1 is 1.24 bits per heavy atom. The predicted molar refractivity (Wildman–Crippen MR) is 88.4 cm³/mol. The van der Waals surface area contributed by atoms with Gasteiger partial charge in [0.2, 0.25) is 5.91 Å². The lowest BCUT2D eigenvalue weighted by atomic mass is 10.0. The zero-order valence-electron chi connectivity index (χ0n) is 13.9. The Kier molecular flexibility index (Phi) is 6.27. The van der Waals surface area contributed by atoms with E-state index >= 15 is 0 Å². The maximum absolute atomic E-state index is 12.0. The molecule has 8 nitrogen and oxygen atoms in total. The number of carbonyl (C=O) groups excluding carboxylic acids is 3. The summed E-state index contributed by atoms with van der Waals surface area (Å²) in [5, 5.41) is 8.75. The average Bonchev–Trinajstić information content (AvgIpc) is 2.97. The molecule has 0 aliphatic carbocycles. The number of benzene rings is 1. The first-order valence-corrected chi connectivity index (χ1v) is 7.65. The summed E-state index contributed by atoms with van der Waals surface area (Å²) in [4.78, 5) is 35.0. The number of rotatable bonds is 7. The fourth-order valence-corrected chi connectivity index (χ4v) is 2.16. The molecule has 8 heteroatoms. The summed E-state index contributed by atoms with van der Waals surface area (Å²) in [5.74, 6) is -0.598. The number of esters is 1. The highest BCUT2D eigenvalue weighted by Gasteiger charge is 2.19. The molecule has 0 radical (unpaired) electrons. The molecule has 0 aliphatic heterocycles. The van der Waals surface area contributed by atoms with Gasteiger partial charge in [-0.3, -0.25) is 14.4 Å². The van der Waals surface area contributed by atoms with Crippen LogP contribution in [0.1, 0.15) is 30.7 Å². The van der Waals surface area contributed by atoms with E-state index in [1.807, 2.05) is 18.2 Å². The van der Waals surface area contributed by atoms with Crippen LogP contribution in [0.25, 0.3) is 0 Å². The van der Waals surface area contributed by atoms with Crippen LogP contribution in [0.2, 0.25) is 0 Å². The van der Waals surface area contributed by atoms with Gasteiger partial charge in [0, 0.05) is 13.0 Å². The van der Waals surface area contributed by atoms with Crippen LogP contribution in [0, 0.1) is 6.92 Å². The molecule has 1 aromatic carbocycles. The molecule has 1 heterocycles. The second-order valence-electron chi connectivity index (χ2n) is 5.40. The maximum atomic E-state index is 12.0. The van der Waals surface area contributed by atoms with Crippen LogP contribution < -0.4 is 10.6 Å². The van der Waals surface area contributed by atoms with Crippen LogP contribution in [0.5, 0.6) is 0 Å².